The van der Waals surface area contributed by atoms with E-state index >= 15 is 0 Å². The van der Waals surface area contributed by atoms with Crippen LogP contribution in [0.2, 0.25) is 6.04 Å². The van der Waals surface area contributed by atoms with E-state index in [2.05, 4.69) is 53.6 Å². The Morgan fingerprint density at radius 3 is 1.76 bits per heavy atom. The minimum Gasteiger partial charge on any atom is -0.374 e. The van der Waals surface area contributed by atoms with Crippen molar-refractivity contribution >= 4 is 8.80 Å². The van der Waals surface area contributed by atoms with Crippen molar-refractivity contribution < 1.29 is 13.3 Å². The predicted molar refractivity (Wildman–Crippen MR) is 91.6 cm³/mol. The lowest BCUT2D eigenvalue weighted by atomic mass is 9.83. The number of hydrogen-bond donors (Lipinski definition) is 0. The number of nitrogens with zero attached hydrogens (tertiary/aromatic N) is 1. The molecule has 5 heteroatoms. The highest BCUT2D eigenvalue weighted by atomic mass is 28.4. The maximum Gasteiger partial charge on any atom is 0.501 e. The third-order valence-corrected chi connectivity index (χ3v) is 7.88. The second kappa shape index (κ2) is 9.25. The Balaban J connectivity index is 5.29. The minimum atomic E-state index is -2.59. The van der Waals surface area contributed by atoms with Crippen molar-refractivity contribution in [2.24, 2.45) is 5.92 Å². The lowest BCUT2D eigenvalue weighted by Gasteiger charge is -2.47. The smallest absolute Gasteiger partial charge is 0.374 e. The van der Waals surface area contributed by atoms with Crippen molar-refractivity contribution in [2.75, 3.05) is 27.3 Å². The van der Waals surface area contributed by atoms with Crippen LogP contribution in [0.1, 0.15) is 54.9 Å². The average Bonchev–Trinajstić information content (AvgIpc) is 2.37. The van der Waals surface area contributed by atoms with Crippen molar-refractivity contribution in [3.63, 3.8) is 0 Å². The Kier molecular flexibility index (Phi) is 9.28. The monoisotopic (exact) mass is 319 g/mol. The Hall–Kier alpha value is 0.0569. The molecule has 0 saturated carbocycles. The first-order chi connectivity index (χ1) is 9.70. The van der Waals surface area contributed by atoms with Crippen molar-refractivity contribution in [3.8, 4) is 0 Å². The zero-order valence-corrected chi connectivity index (χ0v) is 16.7. The number of hydrogen-bond acceptors (Lipinski definition) is 4. The third-order valence-electron chi connectivity index (χ3n) is 4.60. The quantitative estimate of drug-likeness (QED) is 0.542. The second-order valence-electron chi connectivity index (χ2n) is 6.33. The van der Waals surface area contributed by atoms with Gasteiger partial charge in [-0.25, -0.2) is 0 Å². The van der Waals surface area contributed by atoms with Gasteiger partial charge in [0.05, 0.1) is 6.10 Å². The molecular weight excluding hydrogens is 282 g/mol. The molecule has 0 bridgehead atoms. The Morgan fingerprint density at radius 1 is 1.00 bits per heavy atom. The molecule has 4 nitrogen and oxygen atoms in total. The van der Waals surface area contributed by atoms with E-state index in [1.54, 1.807) is 0 Å². The van der Waals surface area contributed by atoms with Gasteiger partial charge in [0.1, 0.15) is 0 Å². The molecule has 0 aromatic carbocycles. The summed E-state index contributed by atoms with van der Waals surface area (Å²) in [5, 5.41) is 0. The SMILES string of the molecule is CCC[Si](OCC)(OCC)OC(C)C(C)(C(C)C)N(C)C. The summed E-state index contributed by atoms with van der Waals surface area (Å²) in [7, 11) is 1.64. The van der Waals surface area contributed by atoms with Gasteiger partial charge in [0.15, 0.2) is 0 Å². The molecule has 128 valence electrons. The Bertz CT molecular complexity index is 260. The maximum absolute atomic E-state index is 6.50. The van der Waals surface area contributed by atoms with E-state index in [9.17, 15) is 0 Å². The lowest BCUT2D eigenvalue weighted by molar-refractivity contribution is -0.0483. The molecule has 0 saturated heterocycles. The van der Waals surface area contributed by atoms with E-state index in [0.717, 1.165) is 12.5 Å². The van der Waals surface area contributed by atoms with Crippen LogP contribution in [0.4, 0.5) is 0 Å². The second-order valence-corrected chi connectivity index (χ2v) is 9.01. The summed E-state index contributed by atoms with van der Waals surface area (Å²) in [6, 6.07) is 0.876. The van der Waals surface area contributed by atoms with Gasteiger partial charge < -0.3 is 18.2 Å². The summed E-state index contributed by atoms with van der Waals surface area (Å²) in [5.41, 5.74) is -0.0554. The first-order valence-corrected chi connectivity index (χ1v) is 10.3. The van der Waals surface area contributed by atoms with Crippen LogP contribution in [0.15, 0.2) is 0 Å². The summed E-state index contributed by atoms with van der Waals surface area (Å²) in [5.74, 6) is 0.471. The summed E-state index contributed by atoms with van der Waals surface area (Å²) in [4.78, 5) is 2.26. The standard InChI is InChI=1S/C16H37NO3Si/c1-10-13-21(18-11-2,19-12-3)20-15(6)16(7,14(4)5)17(8)9/h14-15H,10-13H2,1-9H3. The van der Waals surface area contributed by atoms with Gasteiger partial charge in [0, 0.05) is 24.8 Å². The average molecular weight is 320 g/mol. The molecule has 21 heavy (non-hydrogen) atoms. The Morgan fingerprint density at radius 2 is 1.48 bits per heavy atom. The fraction of sp³-hybridized carbons (Fsp3) is 1.00. The molecule has 2 atom stereocenters. The van der Waals surface area contributed by atoms with Gasteiger partial charge in [-0.05, 0) is 47.7 Å². The molecular formula is C16H37NO3Si. The van der Waals surface area contributed by atoms with Crippen molar-refractivity contribution in [1.29, 1.82) is 0 Å². The van der Waals surface area contributed by atoms with Gasteiger partial charge in [-0.1, -0.05) is 27.2 Å². The molecule has 0 spiro atoms. The van der Waals surface area contributed by atoms with Gasteiger partial charge in [-0.3, -0.25) is 0 Å². The molecule has 0 fully saturated rings. The van der Waals surface area contributed by atoms with E-state index < -0.39 is 8.80 Å². The molecule has 0 radical (unpaired) electrons. The highest BCUT2D eigenvalue weighted by Gasteiger charge is 2.47. The van der Waals surface area contributed by atoms with Crippen LogP contribution in [-0.4, -0.2) is 52.7 Å². The lowest BCUT2D eigenvalue weighted by Crippen LogP contribution is -2.59. The fourth-order valence-electron chi connectivity index (χ4n) is 2.80. The summed E-state index contributed by atoms with van der Waals surface area (Å²) < 4.78 is 18.5. The predicted octanol–water partition coefficient (Wildman–Crippen LogP) is 3.79. The Labute approximate surface area is 133 Å². The van der Waals surface area contributed by atoms with Crippen molar-refractivity contribution in [3.05, 3.63) is 0 Å². The van der Waals surface area contributed by atoms with Crippen LogP contribution in [0.3, 0.4) is 0 Å². The summed E-state index contributed by atoms with van der Waals surface area (Å²) in [6.07, 6.45) is 1.06. The van der Waals surface area contributed by atoms with Gasteiger partial charge in [0.25, 0.3) is 0 Å². The van der Waals surface area contributed by atoms with Crippen LogP contribution >= 0.6 is 0 Å². The molecule has 0 aliphatic rings. The molecule has 0 heterocycles. The van der Waals surface area contributed by atoms with E-state index in [-0.39, 0.29) is 11.6 Å². The van der Waals surface area contributed by atoms with Gasteiger partial charge in [0.2, 0.25) is 0 Å². The van der Waals surface area contributed by atoms with Crippen LogP contribution in [-0.2, 0) is 13.3 Å². The molecule has 0 aliphatic heterocycles. The topological polar surface area (TPSA) is 30.9 Å². The maximum atomic E-state index is 6.50. The van der Waals surface area contributed by atoms with Gasteiger partial charge in [-0.2, -0.15) is 0 Å². The molecule has 2 unspecified atom stereocenters. The molecule has 0 aliphatic carbocycles. The zero-order valence-electron chi connectivity index (χ0n) is 15.7. The molecule has 0 aromatic heterocycles. The third kappa shape index (κ3) is 5.32. The molecule has 0 amide bonds. The van der Waals surface area contributed by atoms with Crippen LogP contribution in [0, 0.1) is 5.92 Å². The van der Waals surface area contributed by atoms with Crippen molar-refractivity contribution in [1.82, 2.24) is 4.90 Å². The van der Waals surface area contributed by atoms with E-state index in [1.165, 1.54) is 0 Å². The molecule has 0 N–H and O–H groups in total. The number of rotatable bonds is 11. The summed E-state index contributed by atoms with van der Waals surface area (Å²) in [6.45, 7) is 16.3. The first-order valence-electron chi connectivity index (χ1n) is 8.33. The fourth-order valence-corrected chi connectivity index (χ4v) is 5.69. The molecule has 0 aromatic rings. The van der Waals surface area contributed by atoms with Gasteiger partial charge in [-0.15, -0.1) is 0 Å². The normalized spacial score (nSPS) is 17.3. The van der Waals surface area contributed by atoms with E-state index in [0.29, 0.717) is 19.1 Å². The highest BCUT2D eigenvalue weighted by molar-refractivity contribution is 6.60. The van der Waals surface area contributed by atoms with Crippen molar-refractivity contribution in [2.45, 2.75) is 72.6 Å². The largest absolute Gasteiger partial charge is 0.501 e. The summed E-state index contributed by atoms with van der Waals surface area (Å²) >= 11 is 0. The van der Waals surface area contributed by atoms with Crippen LogP contribution in [0.25, 0.3) is 0 Å². The zero-order chi connectivity index (χ0) is 16.7. The molecule has 0 rings (SSSR count). The van der Waals surface area contributed by atoms with E-state index in [4.69, 9.17) is 13.3 Å². The van der Waals surface area contributed by atoms with Gasteiger partial charge >= 0.3 is 8.80 Å². The minimum absolute atomic E-state index is 0.0452. The highest BCUT2D eigenvalue weighted by Crippen LogP contribution is 2.32. The van der Waals surface area contributed by atoms with E-state index in [1.807, 2.05) is 13.8 Å². The van der Waals surface area contributed by atoms with Crippen LogP contribution in [0.5, 0.6) is 0 Å². The first kappa shape index (κ1) is 21.1. The number of likely N-dealkylation sites (N-methyl/N-ethyl adjacent to an activating group) is 1. The van der Waals surface area contributed by atoms with Crippen LogP contribution < -0.4 is 0 Å².